The van der Waals surface area contributed by atoms with E-state index >= 15 is 0 Å². The third kappa shape index (κ3) is 4.79. The third-order valence-corrected chi connectivity index (χ3v) is 4.29. The molecule has 1 rings (SSSR count). The Kier molecular flexibility index (Phi) is 6.84. The van der Waals surface area contributed by atoms with Gasteiger partial charge in [-0.1, -0.05) is 43.1 Å². The van der Waals surface area contributed by atoms with Crippen molar-refractivity contribution in [3.63, 3.8) is 0 Å². The highest BCUT2D eigenvalue weighted by Crippen LogP contribution is 2.28. The van der Waals surface area contributed by atoms with Crippen LogP contribution in [0.1, 0.15) is 43.5 Å². The number of hydrogen-bond donors (Lipinski definition) is 1. The van der Waals surface area contributed by atoms with E-state index in [9.17, 15) is 4.79 Å². The molecule has 0 saturated heterocycles. The molecule has 0 bridgehead atoms. The molecular weight excluding hydrogens is 281 g/mol. The van der Waals surface area contributed by atoms with Gasteiger partial charge in [0.05, 0.1) is 10.0 Å². The fraction of sp³-hybridized carbons (Fsp3) is 0.533. The molecule has 19 heavy (non-hydrogen) atoms. The van der Waals surface area contributed by atoms with Gasteiger partial charge < -0.3 is 5.73 Å². The fourth-order valence-electron chi connectivity index (χ4n) is 2.20. The Labute approximate surface area is 125 Å². The lowest BCUT2D eigenvalue weighted by molar-refractivity contribution is 0.0969. The molecule has 0 heterocycles. The molecule has 1 aromatic carbocycles. The van der Waals surface area contributed by atoms with E-state index in [1.54, 1.807) is 18.2 Å². The lowest BCUT2D eigenvalue weighted by Crippen LogP contribution is -2.16. The molecule has 0 aromatic heterocycles. The maximum Gasteiger partial charge on any atom is 0.164 e. The second-order valence-corrected chi connectivity index (χ2v) is 5.93. The van der Waals surface area contributed by atoms with Crippen LogP contribution in [-0.4, -0.2) is 12.3 Å². The second kappa shape index (κ2) is 7.88. The van der Waals surface area contributed by atoms with Crippen LogP contribution in [0.3, 0.4) is 0 Å². The van der Waals surface area contributed by atoms with Gasteiger partial charge in [-0.3, -0.25) is 4.79 Å². The number of nitrogens with two attached hydrogens (primary N) is 1. The van der Waals surface area contributed by atoms with Crippen LogP contribution in [0.25, 0.3) is 0 Å². The number of halogens is 2. The Bertz CT molecular complexity index is 432. The molecule has 0 saturated carbocycles. The summed E-state index contributed by atoms with van der Waals surface area (Å²) in [5.41, 5.74) is 6.12. The van der Waals surface area contributed by atoms with Crippen molar-refractivity contribution >= 4 is 29.0 Å². The van der Waals surface area contributed by atoms with E-state index in [1.807, 2.05) is 0 Å². The van der Waals surface area contributed by atoms with Gasteiger partial charge in [0.15, 0.2) is 5.78 Å². The van der Waals surface area contributed by atoms with Crippen LogP contribution < -0.4 is 5.73 Å². The average molecular weight is 302 g/mol. The summed E-state index contributed by atoms with van der Waals surface area (Å²) in [6.07, 6.45) is 2.29. The first-order valence-corrected chi connectivity index (χ1v) is 7.40. The van der Waals surface area contributed by atoms with Gasteiger partial charge >= 0.3 is 0 Å². The van der Waals surface area contributed by atoms with Crippen LogP contribution in [0, 0.1) is 11.8 Å². The normalized spacial score (nSPS) is 12.7. The molecule has 0 aliphatic carbocycles. The number of ketones is 1. The molecule has 0 aliphatic heterocycles. The summed E-state index contributed by atoms with van der Waals surface area (Å²) in [4.78, 5) is 12.2. The van der Waals surface area contributed by atoms with Crippen molar-refractivity contribution in [1.29, 1.82) is 0 Å². The van der Waals surface area contributed by atoms with Gasteiger partial charge in [-0.2, -0.15) is 0 Å². The Morgan fingerprint density at radius 2 is 1.95 bits per heavy atom. The molecular formula is C15H21Cl2NO. The van der Waals surface area contributed by atoms with E-state index in [1.165, 1.54) is 0 Å². The van der Waals surface area contributed by atoms with E-state index in [2.05, 4.69) is 13.8 Å². The molecule has 0 fully saturated rings. The van der Waals surface area contributed by atoms with Crippen molar-refractivity contribution in [2.45, 2.75) is 33.1 Å². The number of hydrogen-bond acceptors (Lipinski definition) is 2. The summed E-state index contributed by atoms with van der Waals surface area (Å²) in [5.74, 6) is 1.06. The molecule has 0 aliphatic rings. The molecule has 0 spiro atoms. The molecule has 4 heteroatoms. The summed E-state index contributed by atoms with van der Waals surface area (Å²) in [7, 11) is 0. The molecule has 0 amide bonds. The van der Waals surface area contributed by atoms with Crippen LogP contribution in [0.2, 0.25) is 10.0 Å². The van der Waals surface area contributed by atoms with Crippen molar-refractivity contribution in [3.8, 4) is 0 Å². The van der Waals surface area contributed by atoms with E-state index in [0.29, 0.717) is 40.4 Å². The van der Waals surface area contributed by atoms with E-state index < -0.39 is 0 Å². The zero-order valence-electron chi connectivity index (χ0n) is 11.5. The largest absolute Gasteiger partial charge is 0.330 e. The Morgan fingerprint density at radius 1 is 1.26 bits per heavy atom. The Morgan fingerprint density at radius 3 is 2.53 bits per heavy atom. The van der Waals surface area contributed by atoms with E-state index in [0.717, 1.165) is 12.8 Å². The minimum absolute atomic E-state index is 0.0511. The maximum atomic E-state index is 12.2. The van der Waals surface area contributed by atoms with Crippen LogP contribution in [-0.2, 0) is 0 Å². The topological polar surface area (TPSA) is 43.1 Å². The predicted molar refractivity (Wildman–Crippen MR) is 82.0 cm³/mol. The molecule has 2 N–H and O–H groups in total. The van der Waals surface area contributed by atoms with Gasteiger partial charge in [-0.25, -0.2) is 0 Å². The van der Waals surface area contributed by atoms with Crippen molar-refractivity contribution < 1.29 is 4.79 Å². The summed E-state index contributed by atoms with van der Waals surface area (Å²) < 4.78 is 0. The van der Waals surface area contributed by atoms with Crippen LogP contribution >= 0.6 is 23.2 Å². The first kappa shape index (κ1) is 16.5. The van der Waals surface area contributed by atoms with Crippen molar-refractivity contribution in [2.24, 2.45) is 17.6 Å². The van der Waals surface area contributed by atoms with Gasteiger partial charge in [0, 0.05) is 12.0 Å². The lowest BCUT2D eigenvalue weighted by Gasteiger charge is -2.19. The molecule has 1 atom stereocenters. The zero-order valence-corrected chi connectivity index (χ0v) is 13.0. The number of rotatable bonds is 7. The Balaban J connectivity index is 2.67. The second-order valence-electron chi connectivity index (χ2n) is 5.14. The summed E-state index contributed by atoms with van der Waals surface area (Å²) in [6.45, 7) is 4.99. The third-order valence-electron chi connectivity index (χ3n) is 3.47. The van der Waals surface area contributed by atoms with Gasteiger partial charge in [0.2, 0.25) is 0 Å². The fourth-order valence-corrected chi connectivity index (χ4v) is 2.60. The standard InChI is InChI=1S/C15H21Cl2NO/c1-10(2)11(8-9-18)6-7-14(19)12-4-3-5-13(16)15(12)17/h3-5,10-11H,6-9,18H2,1-2H3. The minimum atomic E-state index is 0.0511. The van der Waals surface area contributed by atoms with Crippen molar-refractivity contribution in [3.05, 3.63) is 33.8 Å². The molecule has 1 unspecified atom stereocenters. The lowest BCUT2D eigenvalue weighted by atomic mass is 9.87. The number of benzene rings is 1. The number of Topliss-reactive ketones (excluding diaryl/α,β-unsaturated/α-hetero) is 1. The van der Waals surface area contributed by atoms with Crippen LogP contribution in [0.5, 0.6) is 0 Å². The van der Waals surface area contributed by atoms with Gasteiger partial charge in [-0.15, -0.1) is 0 Å². The highest BCUT2D eigenvalue weighted by molar-refractivity contribution is 6.43. The predicted octanol–water partition coefficient (Wildman–Crippen LogP) is 4.58. The monoisotopic (exact) mass is 301 g/mol. The van der Waals surface area contributed by atoms with E-state index in [-0.39, 0.29) is 5.78 Å². The van der Waals surface area contributed by atoms with Crippen LogP contribution in [0.4, 0.5) is 0 Å². The van der Waals surface area contributed by atoms with Gasteiger partial charge in [-0.05, 0) is 43.4 Å². The van der Waals surface area contributed by atoms with Crippen molar-refractivity contribution in [2.75, 3.05) is 6.54 Å². The summed E-state index contributed by atoms with van der Waals surface area (Å²) in [5, 5.41) is 0.781. The smallest absolute Gasteiger partial charge is 0.164 e. The van der Waals surface area contributed by atoms with Crippen LogP contribution in [0.15, 0.2) is 18.2 Å². The molecule has 0 radical (unpaired) electrons. The van der Waals surface area contributed by atoms with Gasteiger partial charge in [0.1, 0.15) is 0 Å². The number of carbonyl (C=O) groups is 1. The minimum Gasteiger partial charge on any atom is -0.330 e. The first-order chi connectivity index (χ1) is 8.97. The highest BCUT2D eigenvalue weighted by atomic mass is 35.5. The molecule has 1 aromatic rings. The highest BCUT2D eigenvalue weighted by Gasteiger charge is 2.17. The Hall–Kier alpha value is -0.570. The summed E-state index contributed by atoms with van der Waals surface area (Å²) >= 11 is 12.0. The van der Waals surface area contributed by atoms with Gasteiger partial charge in [0.25, 0.3) is 0 Å². The maximum absolute atomic E-state index is 12.2. The zero-order chi connectivity index (χ0) is 14.4. The quantitative estimate of drug-likeness (QED) is 0.749. The number of carbonyl (C=O) groups excluding carboxylic acids is 1. The average Bonchev–Trinajstić information content (AvgIpc) is 2.37. The van der Waals surface area contributed by atoms with E-state index in [4.69, 9.17) is 28.9 Å². The first-order valence-electron chi connectivity index (χ1n) is 6.64. The summed E-state index contributed by atoms with van der Waals surface area (Å²) in [6, 6.07) is 5.16. The molecule has 2 nitrogen and oxygen atoms in total. The SMILES string of the molecule is CC(C)C(CCN)CCC(=O)c1cccc(Cl)c1Cl. The molecule has 106 valence electrons. The van der Waals surface area contributed by atoms with Crippen molar-refractivity contribution in [1.82, 2.24) is 0 Å².